The second-order valence-electron chi connectivity index (χ2n) is 3.87. The van der Waals surface area contributed by atoms with Crippen LogP contribution in [-0.4, -0.2) is 12.5 Å². The first kappa shape index (κ1) is 9.72. The molecule has 1 aliphatic heterocycles. The average Bonchev–Trinajstić information content (AvgIpc) is 2.61. The van der Waals surface area contributed by atoms with Gasteiger partial charge in [-0.25, -0.2) is 0 Å². The molecule has 1 heterocycles. The quantitative estimate of drug-likeness (QED) is 0.694. The van der Waals surface area contributed by atoms with Crippen molar-refractivity contribution in [3.8, 4) is 6.07 Å². The minimum Gasteiger partial charge on any atom is -0.311 e. The highest BCUT2D eigenvalue weighted by Gasteiger charge is 2.30. The number of nitriles is 1. The Labute approximate surface area is 88.9 Å². The molecule has 0 aliphatic carbocycles. The number of nitrogens with zero attached hydrogens (tertiary/aromatic N) is 2. The van der Waals surface area contributed by atoms with Crippen LogP contribution < -0.4 is 4.90 Å². The lowest BCUT2D eigenvalue weighted by Crippen LogP contribution is -2.24. The van der Waals surface area contributed by atoms with E-state index < -0.39 is 0 Å². The molecule has 0 saturated carbocycles. The highest BCUT2D eigenvalue weighted by Crippen LogP contribution is 2.24. The Morgan fingerprint density at radius 1 is 1.40 bits per heavy atom. The zero-order valence-corrected chi connectivity index (χ0v) is 8.60. The van der Waals surface area contributed by atoms with Gasteiger partial charge in [-0.15, -0.1) is 0 Å². The number of carbonyl (C=O) groups is 1. The van der Waals surface area contributed by atoms with E-state index in [9.17, 15) is 4.79 Å². The smallest absolute Gasteiger partial charge is 0.228 e. The third-order valence-electron chi connectivity index (χ3n) is 2.65. The van der Waals surface area contributed by atoms with Crippen LogP contribution in [0.25, 0.3) is 0 Å². The Hall–Kier alpha value is -1.82. The standard InChI is InChI=1S/C12H12N2O/c1-9-2-4-11(5-3-9)14-8-10(7-13)6-12(14)15/h2-5,10H,6,8H2,1H3/t10-/m0/s1. The molecule has 3 nitrogen and oxygen atoms in total. The van der Waals surface area contributed by atoms with Crippen LogP contribution in [0.4, 0.5) is 5.69 Å². The molecule has 1 atom stereocenters. The summed E-state index contributed by atoms with van der Waals surface area (Å²) in [5, 5.41) is 8.76. The molecule has 0 spiro atoms. The van der Waals surface area contributed by atoms with Crippen molar-refractivity contribution >= 4 is 11.6 Å². The highest BCUT2D eigenvalue weighted by molar-refractivity contribution is 5.96. The summed E-state index contributed by atoms with van der Waals surface area (Å²) in [4.78, 5) is 13.3. The van der Waals surface area contributed by atoms with Gasteiger partial charge in [0.15, 0.2) is 0 Å². The van der Waals surface area contributed by atoms with Crippen molar-refractivity contribution in [2.75, 3.05) is 11.4 Å². The van der Waals surface area contributed by atoms with Crippen molar-refractivity contribution in [2.45, 2.75) is 13.3 Å². The predicted molar refractivity (Wildman–Crippen MR) is 57.3 cm³/mol. The first-order valence-corrected chi connectivity index (χ1v) is 4.97. The summed E-state index contributed by atoms with van der Waals surface area (Å²) < 4.78 is 0. The van der Waals surface area contributed by atoms with E-state index in [0.717, 1.165) is 5.69 Å². The second-order valence-corrected chi connectivity index (χ2v) is 3.87. The fourth-order valence-electron chi connectivity index (χ4n) is 1.77. The molecule has 0 unspecified atom stereocenters. The number of hydrogen-bond donors (Lipinski definition) is 0. The van der Waals surface area contributed by atoms with Crippen LogP contribution in [0.5, 0.6) is 0 Å². The van der Waals surface area contributed by atoms with Crippen LogP contribution in [0.15, 0.2) is 24.3 Å². The molecular weight excluding hydrogens is 188 g/mol. The molecule has 1 aromatic carbocycles. The van der Waals surface area contributed by atoms with Crippen molar-refractivity contribution in [2.24, 2.45) is 5.92 Å². The lowest BCUT2D eigenvalue weighted by molar-refractivity contribution is -0.117. The van der Waals surface area contributed by atoms with Crippen molar-refractivity contribution < 1.29 is 4.79 Å². The Bertz CT molecular complexity index is 416. The average molecular weight is 200 g/mol. The maximum atomic E-state index is 11.6. The second kappa shape index (κ2) is 3.74. The SMILES string of the molecule is Cc1ccc(N2C[C@H](C#N)CC2=O)cc1. The third-order valence-corrected chi connectivity index (χ3v) is 2.65. The number of anilines is 1. The van der Waals surface area contributed by atoms with Crippen molar-refractivity contribution in [1.82, 2.24) is 0 Å². The van der Waals surface area contributed by atoms with Gasteiger partial charge in [-0.05, 0) is 19.1 Å². The summed E-state index contributed by atoms with van der Waals surface area (Å²) in [5.41, 5.74) is 2.06. The predicted octanol–water partition coefficient (Wildman–Crippen LogP) is 1.87. The Morgan fingerprint density at radius 3 is 2.60 bits per heavy atom. The number of rotatable bonds is 1. The van der Waals surface area contributed by atoms with E-state index in [2.05, 4.69) is 6.07 Å². The molecule has 15 heavy (non-hydrogen) atoms. The van der Waals surface area contributed by atoms with Crippen LogP contribution >= 0.6 is 0 Å². The number of carbonyl (C=O) groups excluding carboxylic acids is 1. The van der Waals surface area contributed by atoms with Crippen molar-refractivity contribution in [3.05, 3.63) is 29.8 Å². The van der Waals surface area contributed by atoms with E-state index in [4.69, 9.17) is 5.26 Å². The molecule has 1 fully saturated rings. The first-order valence-electron chi connectivity index (χ1n) is 4.97. The van der Waals surface area contributed by atoms with Gasteiger partial charge in [-0.2, -0.15) is 5.26 Å². The van der Waals surface area contributed by atoms with Crippen LogP contribution in [-0.2, 0) is 4.79 Å². The minimum atomic E-state index is -0.154. The maximum Gasteiger partial charge on any atom is 0.228 e. The third kappa shape index (κ3) is 1.84. The first-order chi connectivity index (χ1) is 7.20. The van der Waals surface area contributed by atoms with Crippen molar-refractivity contribution in [3.63, 3.8) is 0 Å². The topological polar surface area (TPSA) is 44.1 Å². The molecule has 3 heteroatoms. The van der Waals surface area contributed by atoms with Gasteiger partial charge >= 0.3 is 0 Å². The molecule has 0 aromatic heterocycles. The minimum absolute atomic E-state index is 0.0467. The normalized spacial score (nSPS) is 20.4. The fraction of sp³-hybridized carbons (Fsp3) is 0.333. The molecule has 1 amide bonds. The molecule has 0 radical (unpaired) electrons. The van der Waals surface area contributed by atoms with E-state index in [-0.39, 0.29) is 11.8 Å². The Morgan fingerprint density at radius 2 is 2.07 bits per heavy atom. The van der Waals surface area contributed by atoms with Crippen molar-refractivity contribution in [1.29, 1.82) is 5.26 Å². The van der Waals surface area contributed by atoms with E-state index >= 15 is 0 Å². The zero-order valence-electron chi connectivity index (χ0n) is 8.60. The Kier molecular flexibility index (Phi) is 2.42. The lowest BCUT2D eigenvalue weighted by Gasteiger charge is -2.15. The van der Waals surface area contributed by atoms with Gasteiger partial charge in [0.25, 0.3) is 0 Å². The summed E-state index contributed by atoms with van der Waals surface area (Å²) in [6, 6.07) is 9.94. The number of hydrogen-bond acceptors (Lipinski definition) is 2. The molecule has 0 N–H and O–H groups in total. The molecular formula is C12H12N2O. The van der Waals surface area contributed by atoms with E-state index in [1.165, 1.54) is 5.56 Å². The van der Waals surface area contributed by atoms with Gasteiger partial charge in [-0.3, -0.25) is 4.79 Å². The zero-order chi connectivity index (χ0) is 10.8. The Balaban J connectivity index is 2.22. The summed E-state index contributed by atoms with van der Waals surface area (Å²) in [5.74, 6) is -0.107. The van der Waals surface area contributed by atoms with Crippen LogP contribution in [0, 0.1) is 24.2 Å². The molecule has 1 aliphatic rings. The van der Waals surface area contributed by atoms with Gasteiger partial charge in [0.2, 0.25) is 5.91 Å². The van der Waals surface area contributed by atoms with E-state index in [0.29, 0.717) is 13.0 Å². The summed E-state index contributed by atoms with van der Waals surface area (Å²) in [6.07, 6.45) is 0.352. The number of benzene rings is 1. The fourth-order valence-corrected chi connectivity index (χ4v) is 1.77. The summed E-state index contributed by atoms with van der Waals surface area (Å²) >= 11 is 0. The monoisotopic (exact) mass is 200 g/mol. The van der Waals surface area contributed by atoms with Gasteiger partial charge in [0.1, 0.15) is 0 Å². The molecule has 0 bridgehead atoms. The number of aryl methyl sites for hydroxylation is 1. The largest absolute Gasteiger partial charge is 0.311 e. The molecule has 1 aromatic rings. The van der Waals surface area contributed by atoms with Gasteiger partial charge < -0.3 is 4.90 Å². The maximum absolute atomic E-state index is 11.6. The summed E-state index contributed by atoms with van der Waals surface area (Å²) in [6.45, 7) is 2.53. The highest BCUT2D eigenvalue weighted by atomic mass is 16.2. The molecule has 1 saturated heterocycles. The van der Waals surface area contributed by atoms with Gasteiger partial charge in [0.05, 0.1) is 12.0 Å². The molecule has 2 rings (SSSR count). The van der Waals surface area contributed by atoms with E-state index in [1.807, 2.05) is 31.2 Å². The number of amides is 1. The van der Waals surface area contributed by atoms with Gasteiger partial charge in [0, 0.05) is 18.7 Å². The van der Waals surface area contributed by atoms with E-state index in [1.54, 1.807) is 4.90 Å². The lowest BCUT2D eigenvalue weighted by atomic mass is 10.1. The van der Waals surface area contributed by atoms with Gasteiger partial charge in [-0.1, -0.05) is 17.7 Å². The van der Waals surface area contributed by atoms with Crippen LogP contribution in [0.3, 0.4) is 0 Å². The van der Waals surface area contributed by atoms with Crippen LogP contribution in [0.2, 0.25) is 0 Å². The van der Waals surface area contributed by atoms with Crippen LogP contribution in [0.1, 0.15) is 12.0 Å². The molecule has 76 valence electrons. The summed E-state index contributed by atoms with van der Waals surface area (Å²) in [7, 11) is 0.